The van der Waals surface area contributed by atoms with E-state index in [0.29, 0.717) is 5.02 Å². The second-order valence-electron chi connectivity index (χ2n) is 4.08. The van der Waals surface area contributed by atoms with E-state index < -0.39 is 0 Å². The number of phenols is 1. The minimum Gasteiger partial charge on any atom is -0.507 e. The van der Waals surface area contributed by atoms with Crippen LogP contribution >= 0.6 is 23.4 Å². The van der Waals surface area contributed by atoms with Crippen molar-refractivity contribution >= 4 is 29.3 Å². The summed E-state index contributed by atoms with van der Waals surface area (Å²) in [6.45, 7) is 2.74. The molecular weight excluding hydrogens is 258 g/mol. The van der Waals surface area contributed by atoms with Crippen molar-refractivity contribution in [3.8, 4) is 5.75 Å². The highest BCUT2D eigenvalue weighted by Gasteiger charge is 2.26. The van der Waals surface area contributed by atoms with Gasteiger partial charge >= 0.3 is 0 Å². The molecule has 0 spiro atoms. The second kappa shape index (κ2) is 5.19. The zero-order valence-corrected chi connectivity index (χ0v) is 11.1. The van der Waals surface area contributed by atoms with Crippen molar-refractivity contribution in [2.45, 2.75) is 13.0 Å². The predicted octanol–water partition coefficient (Wildman–Crippen LogP) is 2.62. The van der Waals surface area contributed by atoms with Crippen molar-refractivity contribution in [1.29, 1.82) is 0 Å². The lowest BCUT2D eigenvalue weighted by Crippen LogP contribution is -2.44. The van der Waals surface area contributed by atoms with Crippen LogP contribution in [0.25, 0.3) is 0 Å². The number of hydrogen-bond acceptors (Lipinski definition) is 3. The van der Waals surface area contributed by atoms with Gasteiger partial charge < -0.3 is 10.0 Å². The molecule has 1 aromatic carbocycles. The summed E-state index contributed by atoms with van der Waals surface area (Å²) in [7, 11) is 0. The summed E-state index contributed by atoms with van der Waals surface area (Å²) in [5, 5.41) is 10.2. The molecule has 1 aliphatic rings. The third-order valence-electron chi connectivity index (χ3n) is 2.82. The van der Waals surface area contributed by atoms with Crippen LogP contribution in [0.1, 0.15) is 17.3 Å². The van der Waals surface area contributed by atoms with Gasteiger partial charge in [0.25, 0.3) is 5.91 Å². The number of nitrogens with zero attached hydrogens (tertiary/aromatic N) is 1. The maximum Gasteiger partial charge on any atom is 0.257 e. The van der Waals surface area contributed by atoms with Gasteiger partial charge in [0.15, 0.2) is 0 Å². The van der Waals surface area contributed by atoms with Crippen molar-refractivity contribution < 1.29 is 9.90 Å². The summed E-state index contributed by atoms with van der Waals surface area (Å²) in [6.07, 6.45) is 0. The Morgan fingerprint density at radius 1 is 1.59 bits per heavy atom. The fraction of sp³-hybridized carbons (Fsp3) is 0.417. The van der Waals surface area contributed by atoms with E-state index in [1.54, 1.807) is 11.0 Å². The molecule has 2 rings (SSSR count). The first kappa shape index (κ1) is 12.6. The smallest absolute Gasteiger partial charge is 0.257 e. The van der Waals surface area contributed by atoms with Gasteiger partial charge in [-0.1, -0.05) is 11.6 Å². The Morgan fingerprint density at radius 3 is 3.06 bits per heavy atom. The molecule has 1 unspecified atom stereocenters. The SMILES string of the molecule is CC1CSCCN1C(=O)c1cc(Cl)ccc1O. The highest BCUT2D eigenvalue weighted by atomic mass is 35.5. The van der Waals surface area contributed by atoms with E-state index in [9.17, 15) is 9.90 Å². The number of thioether (sulfide) groups is 1. The van der Waals surface area contributed by atoms with E-state index in [4.69, 9.17) is 11.6 Å². The van der Waals surface area contributed by atoms with Gasteiger partial charge in [-0.25, -0.2) is 0 Å². The average molecular weight is 272 g/mol. The Hall–Kier alpha value is -0.870. The van der Waals surface area contributed by atoms with Crippen molar-refractivity contribution in [2.24, 2.45) is 0 Å². The average Bonchev–Trinajstić information content (AvgIpc) is 2.32. The molecule has 1 aliphatic heterocycles. The molecule has 0 aromatic heterocycles. The molecule has 3 nitrogen and oxygen atoms in total. The van der Waals surface area contributed by atoms with Crippen molar-refractivity contribution in [1.82, 2.24) is 4.90 Å². The Morgan fingerprint density at radius 2 is 2.35 bits per heavy atom. The van der Waals surface area contributed by atoms with Crippen LogP contribution in [0.15, 0.2) is 18.2 Å². The quantitative estimate of drug-likeness (QED) is 0.854. The number of carbonyl (C=O) groups is 1. The van der Waals surface area contributed by atoms with Crippen LogP contribution in [0.4, 0.5) is 0 Å². The van der Waals surface area contributed by atoms with E-state index in [-0.39, 0.29) is 23.3 Å². The summed E-state index contributed by atoms with van der Waals surface area (Å²) in [6, 6.07) is 4.75. The van der Waals surface area contributed by atoms with Gasteiger partial charge in [-0.15, -0.1) is 0 Å². The molecule has 0 saturated carbocycles. The van der Waals surface area contributed by atoms with Crippen LogP contribution < -0.4 is 0 Å². The molecular formula is C12H14ClNO2S. The maximum atomic E-state index is 12.3. The summed E-state index contributed by atoms with van der Waals surface area (Å²) in [4.78, 5) is 14.1. The van der Waals surface area contributed by atoms with E-state index in [2.05, 4.69) is 0 Å². The van der Waals surface area contributed by atoms with Gasteiger partial charge in [-0.05, 0) is 25.1 Å². The number of amides is 1. The van der Waals surface area contributed by atoms with Gasteiger partial charge in [-0.3, -0.25) is 4.79 Å². The van der Waals surface area contributed by atoms with Gasteiger partial charge in [0.1, 0.15) is 5.75 Å². The van der Waals surface area contributed by atoms with Crippen molar-refractivity contribution in [2.75, 3.05) is 18.1 Å². The molecule has 92 valence electrons. The zero-order chi connectivity index (χ0) is 12.4. The first-order valence-electron chi connectivity index (χ1n) is 5.47. The summed E-state index contributed by atoms with van der Waals surface area (Å²) >= 11 is 7.69. The first-order chi connectivity index (χ1) is 8.09. The minimum atomic E-state index is -0.141. The van der Waals surface area contributed by atoms with Gasteiger partial charge in [0.05, 0.1) is 5.56 Å². The fourth-order valence-corrected chi connectivity index (χ4v) is 3.05. The van der Waals surface area contributed by atoms with Gasteiger partial charge in [0.2, 0.25) is 0 Å². The van der Waals surface area contributed by atoms with E-state index >= 15 is 0 Å². The Balaban J connectivity index is 2.26. The largest absolute Gasteiger partial charge is 0.507 e. The molecule has 5 heteroatoms. The molecule has 0 bridgehead atoms. The molecule has 1 amide bonds. The Kier molecular flexibility index (Phi) is 3.84. The standard InChI is InChI=1S/C12H14ClNO2S/c1-8-7-17-5-4-14(8)12(16)10-6-9(13)2-3-11(10)15/h2-3,6,8,15H,4-5,7H2,1H3. The maximum absolute atomic E-state index is 12.3. The predicted molar refractivity (Wildman–Crippen MR) is 70.9 cm³/mol. The number of carbonyl (C=O) groups excluding carboxylic acids is 1. The van der Waals surface area contributed by atoms with E-state index in [1.165, 1.54) is 12.1 Å². The summed E-state index contributed by atoms with van der Waals surface area (Å²) in [5.41, 5.74) is 0.288. The number of benzene rings is 1. The molecule has 1 aromatic rings. The number of rotatable bonds is 1. The topological polar surface area (TPSA) is 40.5 Å². The van der Waals surface area contributed by atoms with Crippen LogP contribution in [-0.2, 0) is 0 Å². The highest BCUT2D eigenvalue weighted by Crippen LogP contribution is 2.25. The van der Waals surface area contributed by atoms with Gasteiger partial charge in [0, 0.05) is 29.1 Å². The lowest BCUT2D eigenvalue weighted by molar-refractivity contribution is 0.0713. The lowest BCUT2D eigenvalue weighted by Gasteiger charge is -2.33. The first-order valence-corrected chi connectivity index (χ1v) is 7.00. The van der Waals surface area contributed by atoms with Crippen LogP contribution in [0.5, 0.6) is 5.75 Å². The highest BCUT2D eigenvalue weighted by molar-refractivity contribution is 7.99. The third-order valence-corrected chi connectivity index (χ3v) is 4.24. The molecule has 1 heterocycles. The normalized spacial score (nSPS) is 20.4. The molecule has 1 saturated heterocycles. The van der Waals surface area contributed by atoms with Crippen LogP contribution in [0.3, 0.4) is 0 Å². The monoisotopic (exact) mass is 271 g/mol. The molecule has 1 fully saturated rings. The number of hydrogen-bond donors (Lipinski definition) is 1. The fourth-order valence-electron chi connectivity index (χ4n) is 1.86. The molecule has 0 aliphatic carbocycles. The van der Waals surface area contributed by atoms with Crippen molar-refractivity contribution in [3.05, 3.63) is 28.8 Å². The van der Waals surface area contributed by atoms with E-state index in [1.807, 2.05) is 18.7 Å². The van der Waals surface area contributed by atoms with Crippen LogP contribution in [0, 0.1) is 0 Å². The second-order valence-corrected chi connectivity index (χ2v) is 5.67. The number of phenolic OH excluding ortho intramolecular Hbond substituents is 1. The summed E-state index contributed by atoms with van der Waals surface area (Å²) in [5.74, 6) is 1.73. The van der Waals surface area contributed by atoms with E-state index in [0.717, 1.165) is 18.1 Å². The molecule has 0 radical (unpaired) electrons. The minimum absolute atomic E-state index is 0.00942. The number of halogens is 1. The summed E-state index contributed by atoms with van der Waals surface area (Å²) < 4.78 is 0. The van der Waals surface area contributed by atoms with Gasteiger partial charge in [-0.2, -0.15) is 11.8 Å². The number of aromatic hydroxyl groups is 1. The Labute approximate surface area is 110 Å². The Bertz CT molecular complexity index is 439. The van der Waals surface area contributed by atoms with Crippen LogP contribution in [0.2, 0.25) is 5.02 Å². The van der Waals surface area contributed by atoms with Crippen molar-refractivity contribution in [3.63, 3.8) is 0 Å². The van der Waals surface area contributed by atoms with Crippen LogP contribution in [-0.4, -0.2) is 40.0 Å². The lowest BCUT2D eigenvalue weighted by atomic mass is 10.1. The zero-order valence-electron chi connectivity index (χ0n) is 9.52. The molecule has 17 heavy (non-hydrogen) atoms. The third kappa shape index (κ3) is 2.69. The molecule has 1 N–H and O–H groups in total. The molecule has 1 atom stereocenters.